The van der Waals surface area contributed by atoms with E-state index in [1.54, 1.807) is 0 Å². The molecule has 16 heavy (non-hydrogen) atoms. The quantitative estimate of drug-likeness (QED) is 0.787. The number of aliphatic carboxylic acids is 1. The van der Waals surface area contributed by atoms with Crippen molar-refractivity contribution in [1.82, 2.24) is 0 Å². The molecule has 0 atom stereocenters. The maximum absolute atomic E-state index is 11.0. The van der Waals surface area contributed by atoms with Gasteiger partial charge in [0.15, 0.2) is 0 Å². The summed E-state index contributed by atoms with van der Waals surface area (Å²) in [5.41, 5.74) is 0.199. The van der Waals surface area contributed by atoms with Gasteiger partial charge >= 0.3 is 5.97 Å². The summed E-state index contributed by atoms with van der Waals surface area (Å²) >= 11 is 0. The molecule has 0 radical (unpaired) electrons. The Hall–Kier alpha value is -0.530. The van der Waals surface area contributed by atoms with Crippen molar-refractivity contribution in [2.45, 2.75) is 64.7 Å². The van der Waals surface area contributed by atoms with Crippen LogP contribution in [0.1, 0.15) is 64.7 Å². The van der Waals surface area contributed by atoms with Gasteiger partial charge in [0.05, 0.1) is 6.42 Å². The van der Waals surface area contributed by atoms with Gasteiger partial charge in [0.2, 0.25) is 0 Å². The zero-order valence-corrected chi connectivity index (χ0v) is 10.4. The zero-order chi connectivity index (χ0) is 11.6. The van der Waals surface area contributed by atoms with Crippen molar-refractivity contribution >= 4 is 5.97 Å². The number of carboxylic acids is 1. The fourth-order valence-corrected chi connectivity index (χ4v) is 3.84. The lowest BCUT2D eigenvalue weighted by molar-refractivity contribution is -0.144. The predicted molar refractivity (Wildman–Crippen MR) is 64.3 cm³/mol. The number of carboxylic acid groups (broad SMARTS) is 1. The van der Waals surface area contributed by atoms with Gasteiger partial charge in [-0.15, -0.1) is 0 Å². The second-order valence-electron chi connectivity index (χ2n) is 5.91. The summed E-state index contributed by atoms with van der Waals surface area (Å²) in [5.74, 6) is 1.04. The number of rotatable bonds is 4. The predicted octanol–water partition coefficient (Wildman–Crippen LogP) is 3.85. The van der Waals surface area contributed by atoms with Crippen molar-refractivity contribution in [2.75, 3.05) is 0 Å². The molecular formula is C14H24O2. The summed E-state index contributed by atoms with van der Waals surface area (Å²) in [5, 5.41) is 9.04. The molecule has 0 aromatic heterocycles. The number of hydrogen-bond acceptors (Lipinski definition) is 1. The van der Waals surface area contributed by atoms with Gasteiger partial charge in [-0.2, -0.15) is 0 Å². The first-order valence-corrected chi connectivity index (χ1v) is 6.88. The molecule has 2 rings (SSSR count). The molecule has 0 bridgehead atoms. The maximum Gasteiger partial charge on any atom is 0.303 e. The fourth-order valence-electron chi connectivity index (χ4n) is 3.84. The highest BCUT2D eigenvalue weighted by molar-refractivity contribution is 5.68. The molecular weight excluding hydrogens is 200 g/mol. The molecule has 0 spiro atoms. The molecule has 0 saturated heterocycles. The van der Waals surface area contributed by atoms with Crippen molar-refractivity contribution in [3.05, 3.63) is 0 Å². The van der Waals surface area contributed by atoms with Crippen molar-refractivity contribution in [3.63, 3.8) is 0 Å². The van der Waals surface area contributed by atoms with E-state index in [9.17, 15) is 4.79 Å². The lowest BCUT2D eigenvalue weighted by atomic mass is 9.55. The Kier molecular flexibility index (Phi) is 3.56. The van der Waals surface area contributed by atoms with Gasteiger partial charge < -0.3 is 5.11 Å². The molecule has 2 aliphatic carbocycles. The second kappa shape index (κ2) is 4.77. The standard InChI is InChI=1S/C14H24O2/c1-2-11-4-6-12(7-5-11)14(8-3-9-14)10-13(15)16/h11-12H,2-10H2,1H3,(H,15,16). The Morgan fingerprint density at radius 2 is 1.88 bits per heavy atom. The van der Waals surface area contributed by atoms with Crippen LogP contribution in [0.2, 0.25) is 0 Å². The smallest absolute Gasteiger partial charge is 0.303 e. The molecule has 0 heterocycles. The van der Waals surface area contributed by atoms with Crippen molar-refractivity contribution in [2.24, 2.45) is 17.3 Å². The molecule has 92 valence electrons. The summed E-state index contributed by atoms with van der Waals surface area (Å²) < 4.78 is 0. The summed E-state index contributed by atoms with van der Waals surface area (Å²) in [6.45, 7) is 2.28. The first-order valence-electron chi connectivity index (χ1n) is 6.88. The molecule has 0 unspecified atom stereocenters. The Morgan fingerprint density at radius 1 is 1.25 bits per heavy atom. The monoisotopic (exact) mass is 224 g/mol. The molecule has 2 aliphatic rings. The molecule has 0 aliphatic heterocycles. The van der Waals surface area contributed by atoms with Crippen molar-refractivity contribution < 1.29 is 9.90 Å². The highest BCUT2D eigenvalue weighted by Crippen LogP contribution is 2.55. The topological polar surface area (TPSA) is 37.3 Å². The van der Waals surface area contributed by atoms with Gasteiger partial charge in [-0.3, -0.25) is 4.79 Å². The molecule has 2 saturated carbocycles. The highest BCUT2D eigenvalue weighted by atomic mass is 16.4. The van der Waals surface area contributed by atoms with E-state index in [0.717, 1.165) is 5.92 Å². The van der Waals surface area contributed by atoms with Crippen LogP contribution in [0.4, 0.5) is 0 Å². The van der Waals surface area contributed by atoms with Crippen LogP contribution in [0, 0.1) is 17.3 Å². The lowest BCUT2D eigenvalue weighted by Gasteiger charge is -2.49. The SMILES string of the molecule is CCC1CCC(C2(CC(=O)O)CCC2)CC1. The van der Waals surface area contributed by atoms with Gasteiger partial charge in [-0.05, 0) is 42.9 Å². The highest BCUT2D eigenvalue weighted by Gasteiger charge is 2.45. The normalized spacial score (nSPS) is 33.1. The van der Waals surface area contributed by atoms with Crippen LogP contribution in [0.25, 0.3) is 0 Å². The summed E-state index contributed by atoms with van der Waals surface area (Å²) in [6, 6.07) is 0. The van der Waals surface area contributed by atoms with Crippen LogP contribution >= 0.6 is 0 Å². The summed E-state index contributed by atoms with van der Waals surface area (Å²) in [7, 11) is 0. The Morgan fingerprint density at radius 3 is 2.25 bits per heavy atom. The van der Waals surface area contributed by atoms with Crippen LogP contribution in [0.3, 0.4) is 0 Å². The molecule has 2 nitrogen and oxygen atoms in total. The average Bonchev–Trinajstić information content (AvgIpc) is 2.23. The minimum Gasteiger partial charge on any atom is -0.481 e. The van der Waals surface area contributed by atoms with E-state index in [-0.39, 0.29) is 5.41 Å². The van der Waals surface area contributed by atoms with Gasteiger partial charge in [-0.25, -0.2) is 0 Å². The van der Waals surface area contributed by atoms with E-state index >= 15 is 0 Å². The Labute approximate surface area is 98.4 Å². The molecule has 2 heteroatoms. The first kappa shape index (κ1) is 11.9. The molecule has 0 aromatic rings. The van der Waals surface area contributed by atoms with Gasteiger partial charge in [0.25, 0.3) is 0 Å². The molecule has 0 amide bonds. The maximum atomic E-state index is 11.0. The average molecular weight is 224 g/mol. The Bertz CT molecular complexity index is 247. The van der Waals surface area contributed by atoms with Crippen molar-refractivity contribution in [3.8, 4) is 0 Å². The lowest BCUT2D eigenvalue weighted by Crippen LogP contribution is -2.41. The molecule has 0 aromatic carbocycles. The van der Waals surface area contributed by atoms with Gasteiger partial charge in [-0.1, -0.05) is 32.6 Å². The van der Waals surface area contributed by atoms with E-state index in [4.69, 9.17) is 5.11 Å². The minimum atomic E-state index is -0.586. The van der Waals surface area contributed by atoms with Gasteiger partial charge in [0.1, 0.15) is 0 Å². The fraction of sp³-hybridized carbons (Fsp3) is 0.929. The third-order valence-electron chi connectivity index (χ3n) is 5.14. The van der Waals surface area contributed by atoms with E-state index < -0.39 is 5.97 Å². The summed E-state index contributed by atoms with van der Waals surface area (Å²) in [4.78, 5) is 11.0. The van der Waals surface area contributed by atoms with Crippen LogP contribution < -0.4 is 0 Å². The van der Waals surface area contributed by atoms with Crippen LogP contribution in [0.5, 0.6) is 0 Å². The largest absolute Gasteiger partial charge is 0.481 e. The summed E-state index contributed by atoms with van der Waals surface area (Å²) in [6.07, 6.45) is 10.6. The third-order valence-corrected chi connectivity index (χ3v) is 5.14. The van der Waals surface area contributed by atoms with E-state index in [2.05, 4.69) is 6.92 Å². The van der Waals surface area contributed by atoms with Gasteiger partial charge in [0, 0.05) is 0 Å². The number of carbonyl (C=O) groups is 1. The Balaban J connectivity index is 1.93. The molecule has 2 fully saturated rings. The van der Waals surface area contributed by atoms with Crippen LogP contribution in [0.15, 0.2) is 0 Å². The minimum absolute atomic E-state index is 0.199. The van der Waals surface area contributed by atoms with Crippen molar-refractivity contribution in [1.29, 1.82) is 0 Å². The van der Waals surface area contributed by atoms with E-state index in [0.29, 0.717) is 12.3 Å². The van der Waals surface area contributed by atoms with Crippen LogP contribution in [-0.4, -0.2) is 11.1 Å². The van der Waals surface area contributed by atoms with Crippen LogP contribution in [-0.2, 0) is 4.79 Å². The van der Waals surface area contributed by atoms with E-state index in [1.165, 1.54) is 51.4 Å². The molecule has 1 N–H and O–H groups in total. The second-order valence-corrected chi connectivity index (χ2v) is 5.91. The van der Waals surface area contributed by atoms with E-state index in [1.807, 2.05) is 0 Å². The zero-order valence-electron chi connectivity index (χ0n) is 10.4. The first-order chi connectivity index (χ1) is 7.66. The third kappa shape index (κ3) is 2.26. The number of hydrogen-bond donors (Lipinski definition) is 1.